The van der Waals surface area contributed by atoms with Gasteiger partial charge in [0.25, 0.3) is 0 Å². The molecule has 1 spiro atoms. The molecule has 2 aliphatic rings. The van der Waals surface area contributed by atoms with Crippen LogP contribution < -0.4 is 11.1 Å². The molecule has 2 heterocycles. The molecule has 0 aliphatic carbocycles. The average Bonchev–Trinajstić information content (AvgIpc) is 2.99. The number of ether oxygens (including phenoxy) is 1. The maximum atomic E-state index is 12.3. The molecule has 2 aliphatic heterocycles. The number of nitrogens with zero attached hydrogens (tertiary/aromatic N) is 1. The van der Waals surface area contributed by atoms with Gasteiger partial charge in [-0.3, -0.25) is 0 Å². The van der Waals surface area contributed by atoms with Gasteiger partial charge in [-0.1, -0.05) is 30.3 Å². The molecule has 0 aromatic heterocycles. The topological polar surface area (TPSA) is 67.6 Å². The van der Waals surface area contributed by atoms with Crippen LogP contribution in [0.1, 0.15) is 24.0 Å². The smallest absolute Gasteiger partial charge is 0.410 e. The van der Waals surface area contributed by atoms with Crippen LogP contribution in [0.3, 0.4) is 0 Å². The average molecular weight is 337 g/mol. The van der Waals surface area contributed by atoms with Crippen molar-refractivity contribution in [2.24, 2.45) is 0 Å². The zero-order valence-electron chi connectivity index (χ0n) is 14.2. The molecule has 1 saturated heterocycles. The Bertz CT molecular complexity index is 768. The van der Waals surface area contributed by atoms with Crippen molar-refractivity contribution in [3.63, 3.8) is 0 Å². The third kappa shape index (κ3) is 3.02. The standard InChI is InChI=1S/C20H23N3O2/c21-16-6-7-18-17(12-16)20(14-22-18)8-10-23(11-9-20)19(24)25-13-15-4-2-1-3-5-15/h1-7,12,22H,8-11,13-14,21H2. The lowest BCUT2D eigenvalue weighted by Crippen LogP contribution is -2.46. The second kappa shape index (κ2) is 6.31. The minimum atomic E-state index is -0.225. The van der Waals surface area contributed by atoms with Crippen LogP contribution in [0.4, 0.5) is 16.2 Å². The zero-order valence-corrected chi connectivity index (χ0v) is 14.2. The van der Waals surface area contributed by atoms with E-state index in [0.717, 1.165) is 30.6 Å². The van der Waals surface area contributed by atoms with Gasteiger partial charge in [0.05, 0.1) is 0 Å². The summed E-state index contributed by atoms with van der Waals surface area (Å²) in [5, 5.41) is 3.49. The van der Waals surface area contributed by atoms with Crippen LogP contribution >= 0.6 is 0 Å². The van der Waals surface area contributed by atoms with Crippen molar-refractivity contribution < 1.29 is 9.53 Å². The highest BCUT2D eigenvalue weighted by atomic mass is 16.6. The number of nitrogens with one attached hydrogen (secondary N) is 1. The maximum absolute atomic E-state index is 12.3. The molecule has 25 heavy (non-hydrogen) atoms. The van der Waals surface area contributed by atoms with Gasteiger partial charge in [0.15, 0.2) is 0 Å². The summed E-state index contributed by atoms with van der Waals surface area (Å²) in [4.78, 5) is 14.2. The first-order valence-electron chi connectivity index (χ1n) is 8.76. The van der Waals surface area contributed by atoms with E-state index in [1.54, 1.807) is 0 Å². The van der Waals surface area contributed by atoms with Gasteiger partial charge in [-0.2, -0.15) is 0 Å². The minimum Gasteiger partial charge on any atom is -0.445 e. The van der Waals surface area contributed by atoms with E-state index in [1.807, 2.05) is 41.3 Å². The van der Waals surface area contributed by atoms with Crippen LogP contribution in [0.15, 0.2) is 48.5 Å². The van der Waals surface area contributed by atoms with Crippen LogP contribution in [0.5, 0.6) is 0 Å². The van der Waals surface area contributed by atoms with Crippen molar-refractivity contribution in [2.45, 2.75) is 24.9 Å². The molecule has 1 amide bonds. The number of anilines is 2. The Labute approximate surface area is 147 Å². The van der Waals surface area contributed by atoms with Gasteiger partial charge in [0.2, 0.25) is 0 Å². The number of amides is 1. The van der Waals surface area contributed by atoms with E-state index >= 15 is 0 Å². The number of nitrogens with two attached hydrogens (primary N) is 1. The molecule has 0 atom stereocenters. The highest BCUT2D eigenvalue weighted by molar-refractivity contribution is 5.69. The van der Waals surface area contributed by atoms with E-state index in [1.165, 1.54) is 11.3 Å². The highest BCUT2D eigenvalue weighted by Gasteiger charge is 2.42. The van der Waals surface area contributed by atoms with E-state index in [0.29, 0.717) is 19.7 Å². The van der Waals surface area contributed by atoms with E-state index in [2.05, 4.69) is 17.4 Å². The van der Waals surface area contributed by atoms with Gasteiger partial charge >= 0.3 is 6.09 Å². The molecule has 1 fully saturated rings. The number of hydrogen-bond donors (Lipinski definition) is 2. The van der Waals surface area contributed by atoms with Crippen LogP contribution in [0, 0.1) is 0 Å². The first-order chi connectivity index (χ1) is 12.2. The van der Waals surface area contributed by atoms with Gasteiger partial charge in [0.1, 0.15) is 6.61 Å². The Morgan fingerprint density at radius 1 is 1.16 bits per heavy atom. The van der Waals surface area contributed by atoms with Crippen molar-refractivity contribution in [3.8, 4) is 0 Å². The predicted octanol–water partition coefficient (Wildman–Crippen LogP) is 3.36. The van der Waals surface area contributed by atoms with Crippen molar-refractivity contribution in [2.75, 3.05) is 30.7 Å². The third-order valence-electron chi connectivity index (χ3n) is 5.42. The van der Waals surface area contributed by atoms with Crippen LogP contribution in [0.2, 0.25) is 0 Å². The largest absolute Gasteiger partial charge is 0.445 e. The first-order valence-corrected chi connectivity index (χ1v) is 8.76. The summed E-state index contributed by atoms with van der Waals surface area (Å²) < 4.78 is 5.46. The molecule has 130 valence electrons. The zero-order chi connectivity index (χ0) is 17.3. The van der Waals surface area contributed by atoms with Crippen molar-refractivity contribution in [3.05, 3.63) is 59.7 Å². The lowest BCUT2D eigenvalue weighted by molar-refractivity contribution is 0.0794. The van der Waals surface area contributed by atoms with Gasteiger partial charge in [-0.15, -0.1) is 0 Å². The molecule has 5 heteroatoms. The Kier molecular flexibility index (Phi) is 3.99. The predicted molar refractivity (Wildman–Crippen MR) is 98.5 cm³/mol. The van der Waals surface area contributed by atoms with Crippen molar-refractivity contribution in [1.29, 1.82) is 0 Å². The molecule has 0 saturated carbocycles. The second-order valence-electron chi connectivity index (χ2n) is 6.97. The molecular formula is C20H23N3O2. The SMILES string of the molecule is Nc1ccc2c(c1)C1(CCN(C(=O)OCc3ccccc3)CC1)CN2. The Hall–Kier alpha value is -2.69. The summed E-state index contributed by atoms with van der Waals surface area (Å²) in [5.41, 5.74) is 10.3. The number of likely N-dealkylation sites (tertiary alicyclic amines) is 1. The number of nitrogen functional groups attached to an aromatic ring is 1. The number of rotatable bonds is 2. The fourth-order valence-corrected chi connectivity index (χ4v) is 3.89. The summed E-state index contributed by atoms with van der Waals surface area (Å²) in [6.45, 7) is 2.66. The number of hydrogen-bond acceptors (Lipinski definition) is 4. The third-order valence-corrected chi connectivity index (χ3v) is 5.42. The molecule has 2 aromatic rings. The second-order valence-corrected chi connectivity index (χ2v) is 6.97. The number of fused-ring (bicyclic) bond motifs is 2. The maximum Gasteiger partial charge on any atom is 0.410 e. The highest BCUT2D eigenvalue weighted by Crippen LogP contribution is 2.44. The normalized spacial score (nSPS) is 17.8. The Balaban J connectivity index is 1.38. The summed E-state index contributed by atoms with van der Waals surface area (Å²) in [5.74, 6) is 0. The lowest BCUT2D eigenvalue weighted by atomic mass is 9.74. The van der Waals surface area contributed by atoms with Crippen LogP contribution in [-0.4, -0.2) is 30.6 Å². The van der Waals surface area contributed by atoms with Crippen molar-refractivity contribution >= 4 is 17.5 Å². The van der Waals surface area contributed by atoms with Crippen LogP contribution in [0.25, 0.3) is 0 Å². The summed E-state index contributed by atoms with van der Waals surface area (Å²) in [7, 11) is 0. The van der Waals surface area contributed by atoms with E-state index in [4.69, 9.17) is 10.5 Å². The quantitative estimate of drug-likeness (QED) is 0.825. The van der Waals surface area contributed by atoms with Crippen molar-refractivity contribution in [1.82, 2.24) is 4.90 Å². The fraction of sp³-hybridized carbons (Fsp3) is 0.350. The van der Waals surface area contributed by atoms with Gasteiger partial charge < -0.3 is 20.7 Å². The molecule has 2 aromatic carbocycles. The van der Waals surface area contributed by atoms with Gasteiger partial charge in [-0.05, 0) is 42.2 Å². The molecule has 0 radical (unpaired) electrons. The monoisotopic (exact) mass is 337 g/mol. The molecule has 5 nitrogen and oxygen atoms in total. The number of piperidine rings is 1. The Morgan fingerprint density at radius 3 is 2.68 bits per heavy atom. The summed E-state index contributed by atoms with van der Waals surface area (Å²) in [6, 6.07) is 15.8. The molecule has 3 N–H and O–H groups in total. The number of carbonyl (C=O) groups excluding carboxylic acids is 1. The fourth-order valence-electron chi connectivity index (χ4n) is 3.89. The van der Waals surface area contributed by atoms with E-state index in [-0.39, 0.29) is 11.5 Å². The van der Waals surface area contributed by atoms with E-state index in [9.17, 15) is 4.79 Å². The summed E-state index contributed by atoms with van der Waals surface area (Å²) in [6.07, 6.45) is 1.63. The van der Waals surface area contributed by atoms with Gasteiger partial charge in [-0.25, -0.2) is 4.79 Å². The number of carbonyl (C=O) groups is 1. The number of benzene rings is 2. The van der Waals surface area contributed by atoms with Crippen LogP contribution in [-0.2, 0) is 16.8 Å². The molecule has 4 rings (SSSR count). The molecule has 0 bridgehead atoms. The molecular weight excluding hydrogens is 314 g/mol. The summed E-state index contributed by atoms with van der Waals surface area (Å²) >= 11 is 0. The lowest BCUT2D eigenvalue weighted by Gasteiger charge is -2.38. The van der Waals surface area contributed by atoms with Gasteiger partial charge in [0, 0.05) is 36.4 Å². The molecule has 0 unspecified atom stereocenters. The van der Waals surface area contributed by atoms with E-state index < -0.39 is 0 Å². The minimum absolute atomic E-state index is 0.0842. The Morgan fingerprint density at radius 2 is 1.92 bits per heavy atom. The first kappa shape index (κ1) is 15.8.